The highest BCUT2D eigenvalue weighted by molar-refractivity contribution is 5.30. The molecule has 0 aromatic heterocycles. The third kappa shape index (κ3) is 3.26. The molecule has 1 aromatic rings. The largest absolute Gasteiger partial charge is 0.491 e. The van der Waals surface area contributed by atoms with Gasteiger partial charge in [-0.15, -0.1) is 0 Å². The molecule has 0 saturated heterocycles. The Kier molecular flexibility index (Phi) is 4.65. The summed E-state index contributed by atoms with van der Waals surface area (Å²) in [5.41, 5.74) is 1.48. The van der Waals surface area contributed by atoms with Crippen LogP contribution in [-0.4, -0.2) is 19.7 Å². The van der Waals surface area contributed by atoms with Crippen LogP contribution < -0.4 is 10.1 Å². The lowest BCUT2D eigenvalue weighted by atomic mass is 9.89. The highest BCUT2D eigenvalue weighted by Crippen LogP contribution is 2.39. The van der Waals surface area contributed by atoms with Crippen molar-refractivity contribution in [2.24, 2.45) is 5.92 Å². The van der Waals surface area contributed by atoms with Crippen LogP contribution in [0.1, 0.15) is 44.6 Å². The van der Waals surface area contributed by atoms with Crippen LogP contribution in [0.15, 0.2) is 24.3 Å². The van der Waals surface area contributed by atoms with Gasteiger partial charge in [-0.05, 0) is 69.8 Å². The van der Waals surface area contributed by atoms with E-state index in [-0.39, 0.29) is 6.10 Å². The summed E-state index contributed by atoms with van der Waals surface area (Å²) in [6.07, 6.45) is 4.30. The average Bonchev–Trinajstić information content (AvgIpc) is 2.78. The van der Waals surface area contributed by atoms with Gasteiger partial charge in [0.15, 0.2) is 0 Å². The highest BCUT2D eigenvalue weighted by atomic mass is 16.5. The number of hydrogen-bond acceptors (Lipinski definition) is 2. The molecule has 1 aliphatic rings. The Labute approximate surface area is 111 Å². The molecule has 0 amide bonds. The predicted molar refractivity (Wildman–Crippen MR) is 76.2 cm³/mol. The minimum absolute atomic E-state index is 0.249. The van der Waals surface area contributed by atoms with E-state index in [0.29, 0.717) is 0 Å². The van der Waals surface area contributed by atoms with Gasteiger partial charge >= 0.3 is 0 Å². The fourth-order valence-corrected chi connectivity index (χ4v) is 3.05. The summed E-state index contributed by atoms with van der Waals surface area (Å²) in [5, 5.41) is 3.32. The number of benzene rings is 1. The maximum absolute atomic E-state index is 5.69. The van der Waals surface area contributed by atoms with E-state index in [2.05, 4.69) is 50.5 Å². The molecule has 2 rings (SSSR count). The Morgan fingerprint density at radius 2 is 1.94 bits per heavy atom. The molecule has 0 aliphatic heterocycles. The lowest BCUT2D eigenvalue weighted by Gasteiger charge is -2.20. The maximum Gasteiger partial charge on any atom is 0.119 e. The summed E-state index contributed by atoms with van der Waals surface area (Å²) in [6, 6.07) is 8.72. The van der Waals surface area contributed by atoms with Crippen LogP contribution in [0.3, 0.4) is 0 Å². The van der Waals surface area contributed by atoms with Gasteiger partial charge < -0.3 is 10.1 Å². The first-order valence-electron chi connectivity index (χ1n) is 7.12. The van der Waals surface area contributed by atoms with Gasteiger partial charge in [-0.3, -0.25) is 0 Å². The van der Waals surface area contributed by atoms with E-state index >= 15 is 0 Å². The molecule has 100 valence electrons. The van der Waals surface area contributed by atoms with Crippen molar-refractivity contribution in [3.8, 4) is 5.75 Å². The van der Waals surface area contributed by atoms with E-state index in [1.807, 2.05) is 0 Å². The smallest absolute Gasteiger partial charge is 0.119 e. The fourth-order valence-electron chi connectivity index (χ4n) is 3.05. The molecule has 0 spiro atoms. The Morgan fingerprint density at radius 1 is 1.22 bits per heavy atom. The van der Waals surface area contributed by atoms with Crippen LogP contribution in [0.5, 0.6) is 5.75 Å². The number of rotatable bonds is 5. The van der Waals surface area contributed by atoms with Crippen LogP contribution in [0.25, 0.3) is 0 Å². The van der Waals surface area contributed by atoms with E-state index in [1.165, 1.54) is 24.8 Å². The molecule has 1 saturated carbocycles. The fraction of sp³-hybridized carbons (Fsp3) is 0.625. The Morgan fingerprint density at radius 3 is 2.56 bits per heavy atom. The van der Waals surface area contributed by atoms with Gasteiger partial charge in [0.1, 0.15) is 5.75 Å². The van der Waals surface area contributed by atoms with Crippen molar-refractivity contribution in [2.45, 2.75) is 45.1 Å². The molecule has 1 N–H and O–H groups in total. The third-order valence-electron chi connectivity index (χ3n) is 3.81. The Balaban J connectivity index is 2.04. The van der Waals surface area contributed by atoms with E-state index in [9.17, 15) is 0 Å². The molecule has 2 unspecified atom stereocenters. The molecule has 1 aromatic carbocycles. The standard InChI is InChI=1S/C16H25NO/c1-12(2)18-15-9-7-13(8-10-15)16-6-4-5-14(16)11-17-3/h7-10,12,14,16-17H,4-6,11H2,1-3H3. The highest BCUT2D eigenvalue weighted by Gasteiger charge is 2.27. The summed E-state index contributed by atoms with van der Waals surface area (Å²) >= 11 is 0. The maximum atomic E-state index is 5.69. The topological polar surface area (TPSA) is 21.3 Å². The van der Waals surface area contributed by atoms with Gasteiger partial charge in [0.25, 0.3) is 0 Å². The Bertz CT molecular complexity index is 358. The molecule has 2 heteroatoms. The van der Waals surface area contributed by atoms with Crippen molar-refractivity contribution in [1.29, 1.82) is 0 Å². The zero-order valence-electron chi connectivity index (χ0n) is 11.8. The van der Waals surface area contributed by atoms with E-state index in [1.54, 1.807) is 0 Å². The number of ether oxygens (including phenoxy) is 1. The van der Waals surface area contributed by atoms with Crippen LogP contribution in [-0.2, 0) is 0 Å². The molecule has 18 heavy (non-hydrogen) atoms. The van der Waals surface area contributed by atoms with Crippen LogP contribution in [0.4, 0.5) is 0 Å². The summed E-state index contributed by atoms with van der Waals surface area (Å²) in [6.45, 7) is 5.26. The number of hydrogen-bond donors (Lipinski definition) is 1. The SMILES string of the molecule is CNCC1CCCC1c1ccc(OC(C)C)cc1. The van der Waals surface area contributed by atoms with Crippen LogP contribution in [0, 0.1) is 5.92 Å². The van der Waals surface area contributed by atoms with Crippen molar-refractivity contribution in [1.82, 2.24) is 5.32 Å². The minimum atomic E-state index is 0.249. The van der Waals surface area contributed by atoms with Crippen molar-refractivity contribution in [2.75, 3.05) is 13.6 Å². The van der Waals surface area contributed by atoms with Crippen molar-refractivity contribution < 1.29 is 4.74 Å². The molecule has 0 radical (unpaired) electrons. The molecule has 0 heterocycles. The van der Waals surface area contributed by atoms with Gasteiger partial charge in [-0.25, -0.2) is 0 Å². The zero-order chi connectivity index (χ0) is 13.0. The van der Waals surface area contributed by atoms with Crippen LogP contribution in [0.2, 0.25) is 0 Å². The van der Waals surface area contributed by atoms with Crippen LogP contribution >= 0.6 is 0 Å². The van der Waals surface area contributed by atoms with Crippen molar-refractivity contribution >= 4 is 0 Å². The summed E-state index contributed by atoms with van der Waals surface area (Å²) < 4.78 is 5.69. The van der Waals surface area contributed by atoms with Gasteiger partial charge in [0, 0.05) is 0 Å². The molecule has 2 atom stereocenters. The second kappa shape index (κ2) is 6.24. The zero-order valence-corrected chi connectivity index (χ0v) is 11.8. The molecule has 2 nitrogen and oxygen atoms in total. The minimum Gasteiger partial charge on any atom is -0.491 e. The second-order valence-electron chi connectivity index (χ2n) is 5.59. The van der Waals surface area contributed by atoms with Gasteiger partial charge in [0.05, 0.1) is 6.10 Å². The normalized spacial score (nSPS) is 23.6. The molecular weight excluding hydrogens is 222 g/mol. The Hall–Kier alpha value is -1.02. The molecule has 1 fully saturated rings. The lowest BCUT2D eigenvalue weighted by Crippen LogP contribution is -2.20. The van der Waals surface area contributed by atoms with E-state index in [0.717, 1.165) is 24.1 Å². The quantitative estimate of drug-likeness (QED) is 0.858. The van der Waals surface area contributed by atoms with Crippen molar-refractivity contribution in [3.63, 3.8) is 0 Å². The summed E-state index contributed by atoms with van der Waals surface area (Å²) in [5.74, 6) is 2.51. The first-order valence-corrected chi connectivity index (χ1v) is 7.12. The number of nitrogens with one attached hydrogen (secondary N) is 1. The van der Waals surface area contributed by atoms with Gasteiger partial charge in [-0.1, -0.05) is 18.6 Å². The summed E-state index contributed by atoms with van der Waals surface area (Å²) in [7, 11) is 2.05. The first kappa shape index (κ1) is 13.4. The summed E-state index contributed by atoms with van der Waals surface area (Å²) in [4.78, 5) is 0. The molecule has 0 bridgehead atoms. The van der Waals surface area contributed by atoms with E-state index < -0.39 is 0 Å². The molecular formula is C16H25NO. The third-order valence-corrected chi connectivity index (χ3v) is 3.81. The van der Waals surface area contributed by atoms with Gasteiger partial charge in [-0.2, -0.15) is 0 Å². The van der Waals surface area contributed by atoms with Crippen molar-refractivity contribution in [3.05, 3.63) is 29.8 Å². The first-order chi connectivity index (χ1) is 8.70. The molecule has 1 aliphatic carbocycles. The predicted octanol–water partition coefficient (Wildman–Crippen LogP) is 3.58. The second-order valence-corrected chi connectivity index (χ2v) is 5.59. The van der Waals surface area contributed by atoms with E-state index in [4.69, 9.17) is 4.74 Å². The lowest BCUT2D eigenvalue weighted by molar-refractivity contribution is 0.242. The monoisotopic (exact) mass is 247 g/mol. The van der Waals surface area contributed by atoms with Gasteiger partial charge in [0.2, 0.25) is 0 Å². The average molecular weight is 247 g/mol.